The first-order valence-electron chi connectivity index (χ1n) is 8.74. The summed E-state index contributed by atoms with van der Waals surface area (Å²) in [6.45, 7) is 1.50. The van der Waals surface area contributed by atoms with E-state index in [1.165, 1.54) is 13.1 Å². The lowest BCUT2D eigenvalue weighted by atomic mass is 9.87. The summed E-state index contributed by atoms with van der Waals surface area (Å²) in [4.78, 5) is 25.7. The topological polar surface area (TPSA) is 114 Å². The van der Waals surface area contributed by atoms with Crippen molar-refractivity contribution in [3.8, 4) is 0 Å². The van der Waals surface area contributed by atoms with Crippen molar-refractivity contribution >= 4 is 0 Å². The van der Waals surface area contributed by atoms with Crippen LogP contribution in [0.1, 0.15) is 45.8 Å². The van der Waals surface area contributed by atoms with Crippen molar-refractivity contribution < 1.29 is 24.1 Å². The first-order chi connectivity index (χ1) is 12.2. The fourth-order valence-corrected chi connectivity index (χ4v) is 4.14. The summed E-state index contributed by atoms with van der Waals surface area (Å²) in [6.07, 6.45) is 1.90. The number of aromatic amines is 1. The number of alkyl halides is 1. The first-order valence-corrected chi connectivity index (χ1v) is 8.74. The minimum Gasteiger partial charge on any atom is -0.393 e. The molecule has 9 heteroatoms. The van der Waals surface area contributed by atoms with Crippen molar-refractivity contribution in [1.29, 1.82) is 0 Å². The number of halogens is 1. The Bertz CT molecular complexity index is 767. The van der Waals surface area contributed by atoms with E-state index in [4.69, 9.17) is 9.47 Å². The number of aromatic nitrogens is 2. The molecule has 3 N–H and O–H groups in total. The molecular formula is C17H25FN2O6. The van der Waals surface area contributed by atoms with Gasteiger partial charge in [0.15, 0.2) is 11.8 Å². The SMILES string of the molecule is CC1(O[C@]2(C)[C@H](O)[C@](CO)(CF)O[C@H]2n2ccc(=O)[nH]c2=O)CCCC1. The molecule has 1 aromatic heterocycles. The summed E-state index contributed by atoms with van der Waals surface area (Å²) in [5, 5.41) is 20.6. The highest BCUT2D eigenvalue weighted by Gasteiger charge is 2.65. The Morgan fingerprint density at radius 1 is 1.38 bits per heavy atom. The van der Waals surface area contributed by atoms with E-state index in [1.54, 1.807) is 0 Å². The highest BCUT2D eigenvalue weighted by atomic mass is 19.1. The van der Waals surface area contributed by atoms with Gasteiger partial charge in [-0.25, -0.2) is 9.18 Å². The molecule has 26 heavy (non-hydrogen) atoms. The van der Waals surface area contributed by atoms with Gasteiger partial charge in [0.05, 0.1) is 12.2 Å². The van der Waals surface area contributed by atoms with Crippen LogP contribution in [0, 0.1) is 0 Å². The molecule has 146 valence electrons. The normalized spacial score (nSPS) is 36.5. The molecule has 1 aromatic rings. The summed E-state index contributed by atoms with van der Waals surface area (Å²) < 4.78 is 26.8. The van der Waals surface area contributed by atoms with Gasteiger partial charge < -0.3 is 19.7 Å². The number of nitrogens with zero attached hydrogens (tertiary/aromatic N) is 1. The van der Waals surface area contributed by atoms with Crippen molar-refractivity contribution in [3.05, 3.63) is 33.1 Å². The molecule has 0 amide bonds. The van der Waals surface area contributed by atoms with Crippen LogP contribution in [0.15, 0.2) is 21.9 Å². The number of hydrogen-bond acceptors (Lipinski definition) is 6. The predicted octanol–water partition coefficient (Wildman–Crippen LogP) is 0.235. The van der Waals surface area contributed by atoms with Crippen molar-refractivity contribution in [3.63, 3.8) is 0 Å². The quantitative estimate of drug-likeness (QED) is 0.682. The van der Waals surface area contributed by atoms with Gasteiger partial charge in [0.1, 0.15) is 18.4 Å². The zero-order chi connectivity index (χ0) is 19.2. The van der Waals surface area contributed by atoms with Gasteiger partial charge in [0.25, 0.3) is 5.56 Å². The van der Waals surface area contributed by atoms with Gasteiger partial charge in [-0.15, -0.1) is 0 Å². The number of H-pyrrole nitrogens is 1. The third kappa shape index (κ3) is 2.92. The van der Waals surface area contributed by atoms with Crippen molar-refractivity contribution in [2.24, 2.45) is 0 Å². The Hall–Kier alpha value is -1.55. The minimum atomic E-state index is -1.91. The van der Waals surface area contributed by atoms with Crippen LogP contribution >= 0.6 is 0 Å². The fraction of sp³-hybridized carbons (Fsp3) is 0.765. The Morgan fingerprint density at radius 2 is 2.04 bits per heavy atom. The molecule has 1 saturated carbocycles. The van der Waals surface area contributed by atoms with Crippen LogP contribution in [0.5, 0.6) is 0 Å². The van der Waals surface area contributed by atoms with Gasteiger partial charge in [-0.05, 0) is 26.7 Å². The van der Waals surface area contributed by atoms with Gasteiger partial charge in [-0.1, -0.05) is 12.8 Å². The largest absolute Gasteiger partial charge is 0.393 e. The number of nitrogens with one attached hydrogen (secondary N) is 1. The zero-order valence-corrected chi connectivity index (χ0v) is 14.9. The molecule has 1 aliphatic carbocycles. The third-order valence-corrected chi connectivity index (χ3v) is 5.60. The Labute approximate surface area is 149 Å². The summed E-state index contributed by atoms with van der Waals surface area (Å²) in [5.74, 6) is 0. The highest BCUT2D eigenvalue weighted by molar-refractivity contribution is 5.10. The summed E-state index contributed by atoms with van der Waals surface area (Å²) in [5.41, 5.74) is -5.34. The van der Waals surface area contributed by atoms with E-state index in [-0.39, 0.29) is 0 Å². The second kappa shape index (κ2) is 6.56. The predicted molar refractivity (Wildman–Crippen MR) is 89.6 cm³/mol. The lowest BCUT2D eigenvalue weighted by Crippen LogP contribution is -2.56. The Morgan fingerprint density at radius 3 is 2.58 bits per heavy atom. The molecule has 2 fully saturated rings. The number of aliphatic hydroxyl groups is 2. The van der Waals surface area contributed by atoms with E-state index < -0.39 is 53.7 Å². The molecule has 0 bridgehead atoms. The number of aliphatic hydroxyl groups excluding tert-OH is 2. The van der Waals surface area contributed by atoms with Gasteiger partial charge in [-0.3, -0.25) is 14.3 Å². The maximum absolute atomic E-state index is 13.8. The molecule has 0 unspecified atom stereocenters. The molecule has 0 radical (unpaired) electrons. The maximum Gasteiger partial charge on any atom is 0.330 e. The number of rotatable bonds is 5. The van der Waals surface area contributed by atoms with Gasteiger partial charge >= 0.3 is 5.69 Å². The van der Waals surface area contributed by atoms with Crippen LogP contribution in [-0.2, 0) is 9.47 Å². The van der Waals surface area contributed by atoms with E-state index in [2.05, 4.69) is 4.98 Å². The first kappa shape index (κ1) is 19.2. The number of ether oxygens (including phenoxy) is 2. The zero-order valence-electron chi connectivity index (χ0n) is 14.9. The van der Waals surface area contributed by atoms with Crippen LogP contribution in [-0.4, -0.2) is 56.0 Å². The number of hydrogen-bond donors (Lipinski definition) is 3. The van der Waals surface area contributed by atoms with Crippen LogP contribution in [0.25, 0.3) is 0 Å². The monoisotopic (exact) mass is 372 g/mol. The molecule has 1 aliphatic heterocycles. The molecule has 0 aromatic carbocycles. The lowest BCUT2D eigenvalue weighted by molar-refractivity contribution is -0.204. The average molecular weight is 372 g/mol. The van der Waals surface area contributed by atoms with Crippen LogP contribution in [0.4, 0.5) is 4.39 Å². The van der Waals surface area contributed by atoms with Crippen LogP contribution < -0.4 is 11.2 Å². The van der Waals surface area contributed by atoms with Crippen molar-refractivity contribution in [1.82, 2.24) is 9.55 Å². The average Bonchev–Trinajstić information content (AvgIpc) is 3.10. The standard InChI is InChI=1S/C17H25FN2O6/c1-15(6-3-4-7-15)26-16(2)12(23)17(9-18,10-21)25-13(16)20-8-5-11(22)19-14(20)24/h5,8,12-13,21,23H,3-4,6-7,9-10H2,1-2H3,(H,19,22,24)/t12-,13+,16+,17+/m0/s1. The summed E-state index contributed by atoms with van der Waals surface area (Å²) >= 11 is 0. The Balaban J connectivity index is 2.09. The molecular weight excluding hydrogens is 347 g/mol. The minimum absolute atomic E-state index is 0.564. The van der Waals surface area contributed by atoms with Crippen LogP contribution in [0.3, 0.4) is 0 Å². The lowest BCUT2D eigenvalue weighted by Gasteiger charge is -2.41. The fourth-order valence-electron chi connectivity index (χ4n) is 4.14. The Kier molecular flexibility index (Phi) is 4.85. The van der Waals surface area contributed by atoms with Crippen molar-refractivity contribution in [2.45, 2.75) is 68.7 Å². The van der Waals surface area contributed by atoms with Gasteiger partial charge in [0, 0.05) is 12.3 Å². The van der Waals surface area contributed by atoms with Crippen molar-refractivity contribution in [2.75, 3.05) is 13.3 Å². The molecule has 2 heterocycles. The van der Waals surface area contributed by atoms with Gasteiger partial charge in [-0.2, -0.15) is 0 Å². The molecule has 3 rings (SSSR count). The molecule has 0 spiro atoms. The molecule has 1 saturated heterocycles. The van der Waals surface area contributed by atoms with E-state index in [9.17, 15) is 24.2 Å². The maximum atomic E-state index is 13.8. The van der Waals surface area contributed by atoms with Gasteiger partial charge in [0.2, 0.25) is 0 Å². The van der Waals surface area contributed by atoms with E-state index in [0.29, 0.717) is 0 Å². The van der Waals surface area contributed by atoms with E-state index >= 15 is 0 Å². The van der Waals surface area contributed by atoms with Crippen LogP contribution in [0.2, 0.25) is 0 Å². The molecule has 2 aliphatic rings. The second-order valence-electron chi connectivity index (χ2n) is 7.69. The summed E-state index contributed by atoms with van der Waals surface area (Å²) in [7, 11) is 0. The van der Waals surface area contributed by atoms with E-state index in [0.717, 1.165) is 36.3 Å². The summed E-state index contributed by atoms with van der Waals surface area (Å²) in [6, 6.07) is 1.13. The smallest absolute Gasteiger partial charge is 0.330 e. The molecule has 8 nitrogen and oxygen atoms in total. The highest BCUT2D eigenvalue weighted by Crippen LogP contribution is 2.50. The van der Waals surface area contributed by atoms with E-state index in [1.807, 2.05) is 6.92 Å². The third-order valence-electron chi connectivity index (χ3n) is 5.60. The molecule has 4 atom stereocenters. The second-order valence-corrected chi connectivity index (χ2v) is 7.69.